The van der Waals surface area contributed by atoms with E-state index in [4.69, 9.17) is 0 Å². The molecule has 2 nitrogen and oxygen atoms in total. The van der Waals surface area contributed by atoms with Crippen LogP contribution in [-0.4, -0.2) is 15.1 Å². The van der Waals surface area contributed by atoms with Gasteiger partial charge in [-0.1, -0.05) is 28.1 Å². The third-order valence-electron chi connectivity index (χ3n) is 2.12. The Balaban J connectivity index is 2.33. The van der Waals surface area contributed by atoms with Crippen molar-refractivity contribution in [1.29, 1.82) is 0 Å². The van der Waals surface area contributed by atoms with Crippen LogP contribution in [0.5, 0.6) is 0 Å². The maximum absolute atomic E-state index is 4.33. The molecule has 0 N–H and O–H groups in total. The Morgan fingerprint density at radius 1 is 1.27 bits per heavy atom. The van der Waals surface area contributed by atoms with Gasteiger partial charge < -0.3 is 0 Å². The molecule has 2 aromatic rings. The normalized spacial score (nSPS) is 10.5. The van der Waals surface area contributed by atoms with Crippen molar-refractivity contribution in [2.75, 3.05) is 5.33 Å². The van der Waals surface area contributed by atoms with Gasteiger partial charge in [-0.2, -0.15) is 5.10 Å². The van der Waals surface area contributed by atoms with Crippen LogP contribution >= 0.6 is 31.9 Å². The summed E-state index contributed by atoms with van der Waals surface area (Å²) in [6, 6.07) is 8.05. The van der Waals surface area contributed by atoms with Gasteiger partial charge in [-0.3, -0.25) is 0 Å². The lowest BCUT2D eigenvalue weighted by Gasteiger charge is -2.02. The third kappa shape index (κ3) is 2.49. The largest absolute Gasteiger partial charge is 0.240 e. The van der Waals surface area contributed by atoms with Crippen molar-refractivity contribution in [2.24, 2.45) is 0 Å². The highest BCUT2D eigenvalue weighted by atomic mass is 79.9. The van der Waals surface area contributed by atoms with E-state index in [1.54, 1.807) is 0 Å². The molecule has 0 aliphatic heterocycles. The van der Waals surface area contributed by atoms with Crippen molar-refractivity contribution >= 4 is 31.9 Å². The number of hydrogen-bond donors (Lipinski definition) is 0. The van der Waals surface area contributed by atoms with Gasteiger partial charge in [0.2, 0.25) is 0 Å². The molecule has 0 amide bonds. The first-order chi connectivity index (χ1) is 7.31. The zero-order valence-electron chi connectivity index (χ0n) is 8.03. The lowest BCUT2D eigenvalue weighted by molar-refractivity contribution is 0.875. The van der Waals surface area contributed by atoms with Gasteiger partial charge in [-0.25, -0.2) is 4.68 Å². The van der Waals surface area contributed by atoms with Crippen LogP contribution in [0.1, 0.15) is 5.56 Å². The summed E-state index contributed by atoms with van der Waals surface area (Å²) in [7, 11) is 0. The number of rotatable bonds is 3. The number of para-hydroxylation sites is 1. The van der Waals surface area contributed by atoms with E-state index < -0.39 is 0 Å². The lowest BCUT2D eigenvalue weighted by Crippen LogP contribution is -1.94. The Morgan fingerprint density at radius 3 is 2.80 bits per heavy atom. The van der Waals surface area contributed by atoms with Crippen LogP contribution < -0.4 is 0 Å². The van der Waals surface area contributed by atoms with Crippen LogP contribution in [0.2, 0.25) is 0 Å². The van der Waals surface area contributed by atoms with E-state index in [0.717, 1.165) is 21.9 Å². The maximum atomic E-state index is 4.33. The van der Waals surface area contributed by atoms with Crippen LogP contribution in [0.25, 0.3) is 5.69 Å². The number of alkyl halides is 1. The fourth-order valence-electron chi connectivity index (χ4n) is 1.37. The number of nitrogens with zero attached hydrogens (tertiary/aromatic N) is 2. The smallest absolute Gasteiger partial charge is 0.0787 e. The minimum Gasteiger partial charge on any atom is -0.240 e. The molecule has 0 bridgehead atoms. The molecule has 0 radical (unpaired) electrons. The van der Waals surface area contributed by atoms with Crippen LogP contribution in [0, 0.1) is 0 Å². The minimum absolute atomic E-state index is 0.967. The fourth-order valence-corrected chi connectivity index (χ4v) is 2.29. The Hall–Kier alpha value is -0.610. The van der Waals surface area contributed by atoms with Crippen molar-refractivity contribution in [3.8, 4) is 5.69 Å². The zero-order valence-corrected chi connectivity index (χ0v) is 11.2. The minimum atomic E-state index is 0.967. The number of aromatic nitrogens is 2. The Bertz CT molecular complexity index is 451. The summed E-state index contributed by atoms with van der Waals surface area (Å²) in [6.45, 7) is 0. The van der Waals surface area contributed by atoms with Gasteiger partial charge in [-0.15, -0.1) is 0 Å². The molecule has 0 unspecified atom stereocenters. The van der Waals surface area contributed by atoms with Crippen LogP contribution in [0.4, 0.5) is 0 Å². The highest BCUT2D eigenvalue weighted by molar-refractivity contribution is 9.10. The Labute approximate surface area is 106 Å². The molecule has 0 aliphatic carbocycles. The van der Waals surface area contributed by atoms with E-state index in [9.17, 15) is 0 Å². The summed E-state index contributed by atoms with van der Waals surface area (Å²) in [5, 5.41) is 5.30. The first-order valence-electron chi connectivity index (χ1n) is 4.65. The molecule has 4 heteroatoms. The molecule has 0 atom stereocenters. The lowest BCUT2D eigenvalue weighted by atomic mass is 10.3. The molecule has 0 saturated carbocycles. The van der Waals surface area contributed by atoms with Gasteiger partial charge in [0.15, 0.2) is 0 Å². The van der Waals surface area contributed by atoms with Crippen molar-refractivity contribution in [3.05, 3.63) is 46.7 Å². The SMILES string of the molecule is BrCCc1cnn(-c2ccccc2Br)c1. The van der Waals surface area contributed by atoms with Crippen molar-refractivity contribution in [3.63, 3.8) is 0 Å². The second kappa shape index (κ2) is 4.94. The second-order valence-corrected chi connectivity index (χ2v) is 4.83. The summed E-state index contributed by atoms with van der Waals surface area (Å²) in [4.78, 5) is 0. The summed E-state index contributed by atoms with van der Waals surface area (Å²) in [6.07, 6.45) is 4.96. The number of hydrogen-bond acceptors (Lipinski definition) is 1. The Kier molecular flexibility index (Phi) is 3.59. The number of aryl methyl sites for hydroxylation is 1. The predicted molar refractivity (Wildman–Crippen MR) is 68.8 cm³/mol. The van der Waals surface area contributed by atoms with Gasteiger partial charge in [0.25, 0.3) is 0 Å². The molecular formula is C11H10Br2N2. The van der Waals surface area contributed by atoms with Crippen LogP contribution in [0.3, 0.4) is 0 Å². The average molecular weight is 330 g/mol. The van der Waals surface area contributed by atoms with E-state index in [0.29, 0.717) is 0 Å². The monoisotopic (exact) mass is 328 g/mol. The van der Waals surface area contributed by atoms with Gasteiger partial charge >= 0.3 is 0 Å². The van der Waals surface area contributed by atoms with E-state index >= 15 is 0 Å². The molecule has 0 fully saturated rings. The molecule has 78 valence electrons. The molecule has 0 spiro atoms. The molecule has 1 heterocycles. The van der Waals surface area contributed by atoms with Crippen molar-refractivity contribution in [2.45, 2.75) is 6.42 Å². The molecule has 0 aliphatic rings. The maximum Gasteiger partial charge on any atom is 0.0787 e. The van der Waals surface area contributed by atoms with E-state index in [2.05, 4.69) is 43.2 Å². The van der Waals surface area contributed by atoms with Gasteiger partial charge in [0.1, 0.15) is 0 Å². The molecule has 2 rings (SSSR count). The van der Waals surface area contributed by atoms with Gasteiger partial charge in [0.05, 0.1) is 11.9 Å². The first-order valence-corrected chi connectivity index (χ1v) is 6.57. The number of halogens is 2. The quantitative estimate of drug-likeness (QED) is 0.787. The summed E-state index contributed by atoms with van der Waals surface area (Å²) < 4.78 is 2.95. The average Bonchev–Trinajstić information content (AvgIpc) is 2.68. The summed E-state index contributed by atoms with van der Waals surface area (Å²) >= 11 is 6.93. The molecule has 1 aromatic heterocycles. The van der Waals surface area contributed by atoms with Gasteiger partial charge in [0, 0.05) is 16.0 Å². The highest BCUT2D eigenvalue weighted by Crippen LogP contribution is 2.20. The number of benzene rings is 1. The van der Waals surface area contributed by atoms with E-state index in [1.165, 1.54) is 5.56 Å². The second-order valence-electron chi connectivity index (χ2n) is 3.18. The molecule has 15 heavy (non-hydrogen) atoms. The topological polar surface area (TPSA) is 17.8 Å². The summed E-state index contributed by atoms with van der Waals surface area (Å²) in [5.41, 5.74) is 2.31. The standard InChI is InChI=1S/C11H10Br2N2/c12-6-5-9-7-14-15(8-9)11-4-2-1-3-10(11)13/h1-4,7-8H,5-6H2. The van der Waals surface area contributed by atoms with E-state index in [-0.39, 0.29) is 0 Å². The van der Waals surface area contributed by atoms with Crippen molar-refractivity contribution < 1.29 is 0 Å². The molecule has 1 aromatic carbocycles. The molecular weight excluding hydrogens is 320 g/mol. The van der Waals surface area contributed by atoms with E-state index in [1.807, 2.05) is 35.1 Å². The Morgan fingerprint density at radius 2 is 2.07 bits per heavy atom. The van der Waals surface area contributed by atoms with Crippen molar-refractivity contribution in [1.82, 2.24) is 9.78 Å². The fraction of sp³-hybridized carbons (Fsp3) is 0.182. The van der Waals surface area contributed by atoms with Gasteiger partial charge in [-0.05, 0) is 40.0 Å². The molecule has 0 saturated heterocycles. The third-order valence-corrected chi connectivity index (χ3v) is 3.19. The van der Waals surface area contributed by atoms with Crippen LogP contribution in [-0.2, 0) is 6.42 Å². The first kappa shape index (κ1) is 10.9. The van der Waals surface area contributed by atoms with Crippen LogP contribution in [0.15, 0.2) is 41.1 Å². The predicted octanol–water partition coefficient (Wildman–Crippen LogP) is 3.57. The summed E-state index contributed by atoms with van der Waals surface area (Å²) in [5.74, 6) is 0. The zero-order chi connectivity index (χ0) is 10.7. The highest BCUT2D eigenvalue weighted by Gasteiger charge is 2.03.